The molecule has 0 aliphatic carbocycles. The third-order valence-corrected chi connectivity index (χ3v) is 4.94. The van der Waals surface area contributed by atoms with Gasteiger partial charge in [0.1, 0.15) is 18.8 Å². The lowest BCUT2D eigenvalue weighted by Gasteiger charge is -2.26. The number of fused-ring (bicyclic) bond motifs is 3. The van der Waals surface area contributed by atoms with Crippen LogP contribution in [-0.2, 0) is 13.1 Å². The number of quaternary nitrogens is 1. The summed E-state index contributed by atoms with van der Waals surface area (Å²) in [5.74, 6) is 2.20. The van der Waals surface area contributed by atoms with E-state index in [2.05, 4.69) is 0 Å². The smallest absolute Gasteiger partial charge is 0.336 e. The first-order chi connectivity index (χ1) is 13.1. The van der Waals surface area contributed by atoms with Crippen molar-refractivity contribution < 1.29 is 23.5 Å². The zero-order chi connectivity index (χ0) is 19.0. The summed E-state index contributed by atoms with van der Waals surface area (Å²) in [6.45, 7) is 3.94. The van der Waals surface area contributed by atoms with Gasteiger partial charge in [-0.25, -0.2) is 4.79 Å². The van der Waals surface area contributed by atoms with Crippen molar-refractivity contribution in [2.75, 3.05) is 21.0 Å². The summed E-state index contributed by atoms with van der Waals surface area (Å²) in [5.41, 5.74) is 3.26. The Bertz CT molecular complexity index is 1060. The molecule has 0 bridgehead atoms. The molecule has 0 saturated carbocycles. The Morgan fingerprint density at radius 3 is 2.67 bits per heavy atom. The van der Waals surface area contributed by atoms with Gasteiger partial charge in [0, 0.05) is 17.0 Å². The highest BCUT2D eigenvalue weighted by Gasteiger charge is 2.25. The third-order valence-electron chi connectivity index (χ3n) is 4.94. The quantitative estimate of drug-likeness (QED) is 0.714. The average molecular weight is 368 g/mol. The van der Waals surface area contributed by atoms with E-state index in [1.54, 1.807) is 14.2 Å². The predicted octanol–water partition coefficient (Wildman–Crippen LogP) is 2.05. The van der Waals surface area contributed by atoms with E-state index in [9.17, 15) is 4.79 Å². The minimum Gasteiger partial charge on any atom is -0.493 e. The minimum absolute atomic E-state index is 0.333. The van der Waals surface area contributed by atoms with Crippen LogP contribution in [0.15, 0.2) is 45.6 Å². The number of benzene rings is 2. The van der Waals surface area contributed by atoms with Crippen LogP contribution in [0.1, 0.15) is 16.7 Å². The second kappa shape index (κ2) is 6.96. The van der Waals surface area contributed by atoms with Crippen LogP contribution in [0.5, 0.6) is 17.2 Å². The molecule has 4 rings (SSSR count). The molecule has 2 aromatic carbocycles. The maximum absolute atomic E-state index is 11.9. The molecule has 0 amide bonds. The maximum Gasteiger partial charge on any atom is 0.336 e. The summed E-state index contributed by atoms with van der Waals surface area (Å²) in [4.78, 5) is 13.1. The SMILES string of the molecule is COc1ccc(C[NH+]2COc3ccc4c(C)cc(=O)oc4c3C2)cc1OC. The number of aryl methyl sites for hydroxylation is 1. The van der Waals surface area contributed by atoms with E-state index in [0.29, 0.717) is 30.4 Å². The van der Waals surface area contributed by atoms with Crippen LogP contribution >= 0.6 is 0 Å². The van der Waals surface area contributed by atoms with Gasteiger partial charge in [-0.3, -0.25) is 4.90 Å². The lowest BCUT2D eigenvalue weighted by atomic mass is 10.0. The van der Waals surface area contributed by atoms with Crippen molar-refractivity contribution in [2.24, 2.45) is 0 Å². The molecule has 6 heteroatoms. The van der Waals surface area contributed by atoms with E-state index in [0.717, 1.165) is 34.4 Å². The molecule has 27 heavy (non-hydrogen) atoms. The monoisotopic (exact) mass is 368 g/mol. The molecular formula is C21H22NO5+. The topological polar surface area (TPSA) is 62.3 Å². The summed E-state index contributed by atoms with van der Waals surface area (Å²) >= 11 is 0. The highest BCUT2D eigenvalue weighted by Crippen LogP contribution is 2.30. The highest BCUT2D eigenvalue weighted by molar-refractivity contribution is 5.84. The van der Waals surface area contributed by atoms with Gasteiger partial charge in [0.05, 0.1) is 19.8 Å². The molecule has 0 fully saturated rings. The number of ether oxygens (including phenoxy) is 3. The van der Waals surface area contributed by atoms with Crippen molar-refractivity contribution in [3.8, 4) is 17.2 Å². The molecule has 6 nitrogen and oxygen atoms in total. The van der Waals surface area contributed by atoms with E-state index < -0.39 is 0 Å². The standard InChI is InChI=1S/C21H21NO5/c1-13-8-20(23)27-21-15(13)5-7-17-16(21)11-22(12-26-17)10-14-4-6-18(24-2)19(9-14)25-3/h4-9H,10-12H2,1-3H3/p+1. The Labute approximate surface area is 156 Å². The van der Waals surface area contributed by atoms with Crippen molar-refractivity contribution in [2.45, 2.75) is 20.0 Å². The van der Waals surface area contributed by atoms with Gasteiger partial charge in [-0.15, -0.1) is 0 Å². The van der Waals surface area contributed by atoms with Crippen molar-refractivity contribution in [1.82, 2.24) is 0 Å². The normalized spacial score (nSPS) is 15.9. The van der Waals surface area contributed by atoms with Gasteiger partial charge in [-0.1, -0.05) is 0 Å². The summed E-state index contributed by atoms with van der Waals surface area (Å²) in [5, 5.41) is 0.948. The van der Waals surface area contributed by atoms with Crippen LogP contribution < -0.4 is 24.7 Å². The fourth-order valence-electron chi connectivity index (χ4n) is 3.60. The van der Waals surface area contributed by atoms with Crippen molar-refractivity contribution in [3.05, 3.63) is 63.5 Å². The van der Waals surface area contributed by atoms with Crippen LogP contribution in [0.2, 0.25) is 0 Å². The molecule has 1 aromatic heterocycles. The molecule has 1 N–H and O–H groups in total. The van der Waals surface area contributed by atoms with E-state index in [1.165, 1.54) is 11.0 Å². The Morgan fingerprint density at radius 2 is 1.89 bits per heavy atom. The Balaban J connectivity index is 1.65. The summed E-state index contributed by atoms with van der Waals surface area (Å²) in [6.07, 6.45) is 0. The zero-order valence-electron chi connectivity index (χ0n) is 15.6. The Hall–Kier alpha value is -2.99. The van der Waals surface area contributed by atoms with Gasteiger partial charge in [0.25, 0.3) is 0 Å². The molecule has 140 valence electrons. The Kier molecular flexibility index (Phi) is 4.49. The van der Waals surface area contributed by atoms with E-state index in [1.807, 2.05) is 37.3 Å². The largest absolute Gasteiger partial charge is 0.493 e. The van der Waals surface area contributed by atoms with Gasteiger partial charge in [0.2, 0.25) is 6.73 Å². The lowest BCUT2D eigenvalue weighted by Crippen LogP contribution is -3.10. The fourth-order valence-corrected chi connectivity index (χ4v) is 3.60. The second-order valence-corrected chi connectivity index (χ2v) is 6.75. The average Bonchev–Trinajstić information content (AvgIpc) is 2.67. The molecule has 1 aliphatic heterocycles. The lowest BCUT2D eigenvalue weighted by molar-refractivity contribution is -0.945. The minimum atomic E-state index is -0.333. The van der Waals surface area contributed by atoms with Gasteiger partial charge in [-0.2, -0.15) is 0 Å². The van der Waals surface area contributed by atoms with Gasteiger partial charge < -0.3 is 18.6 Å². The number of hydrogen-bond donors (Lipinski definition) is 1. The van der Waals surface area contributed by atoms with E-state index >= 15 is 0 Å². The van der Waals surface area contributed by atoms with E-state index in [-0.39, 0.29) is 5.63 Å². The maximum atomic E-state index is 11.9. The molecule has 1 unspecified atom stereocenters. The first-order valence-corrected chi connectivity index (χ1v) is 8.82. The molecule has 0 saturated heterocycles. The number of rotatable bonds is 4. The summed E-state index contributed by atoms with van der Waals surface area (Å²) < 4.78 is 22.2. The van der Waals surface area contributed by atoms with Crippen molar-refractivity contribution in [3.63, 3.8) is 0 Å². The van der Waals surface area contributed by atoms with E-state index in [4.69, 9.17) is 18.6 Å². The van der Waals surface area contributed by atoms with Crippen LogP contribution in [0.3, 0.4) is 0 Å². The van der Waals surface area contributed by atoms with Gasteiger partial charge in [-0.05, 0) is 42.8 Å². The summed E-state index contributed by atoms with van der Waals surface area (Å²) in [7, 11) is 3.25. The van der Waals surface area contributed by atoms with Crippen LogP contribution in [-0.4, -0.2) is 21.0 Å². The molecule has 0 radical (unpaired) electrons. The van der Waals surface area contributed by atoms with Crippen molar-refractivity contribution in [1.29, 1.82) is 0 Å². The van der Waals surface area contributed by atoms with Crippen LogP contribution in [0.4, 0.5) is 0 Å². The Morgan fingerprint density at radius 1 is 1.07 bits per heavy atom. The molecule has 2 heterocycles. The van der Waals surface area contributed by atoms with Gasteiger partial charge in [0.15, 0.2) is 17.1 Å². The molecule has 1 atom stereocenters. The number of hydrogen-bond acceptors (Lipinski definition) is 5. The molecule has 3 aromatic rings. The second-order valence-electron chi connectivity index (χ2n) is 6.75. The fraction of sp³-hybridized carbons (Fsp3) is 0.286. The first-order valence-electron chi connectivity index (χ1n) is 8.82. The molecule has 0 spiro atoms. The highest BCUT2D eigenvalue weighted by atomic mass is 16.5. The molecular weight excluding hydrogens is 346 g/mol. The van der Waals surface area contributed by atoms with Crippen molar-refractivity contribution >= 4 is 11.0 Å². The predicted molar refractivity (Wildman–Crippen MR) is 101 cm³/mol. The third kappa shape index (κ3) is 3.24. The summed E-state index contributed by atoms with van der Waals surface area (Å²) in [6, 6.07) is 11.3. The zero-order valence-corrected chi connectivity index (χ0v) is 15.6. The first kappa shape index (κ1) is 17.4. The molecule has 1 aliphatic rings. The number of nitrogens with one attached hydrogen (secondary N) is 1. The van der Waals surface area contributed by atoms with Crippen LogP contribution in [0.25, 0.3) is 11.0 Å². The van der Waals surface area contributed by atoms with Gasteiger partial charge >= 0.3 is 5.63 Å². The van der Waals surface area contributed by atoms with Crippen LogP contribution in [0, 0.1) is 6.92 Å². The number of methoxy groups -OCH3 is 2.